The van der Waals surface area contributed by atoms with Gasteiger partial charge in [0.05, 0.1) is 4.88 Å². The number of hydrogen-bond donors (Lipinski definition) is 2. The number of anilines is 1. The van der Waals surface area contributed by atoms with Gasteiger partial charge in [0.2, 0.25) is 0 Å². The van der Waals surface area contributed by atoms with Gasteiger partial charge >= 0.3 is 0 Å². The molecule has 3 nitrogen and oxygen atoms in total. The molecule has 1 aromatic heterocycles. The lowest BCUT2D eigenvalue weighted by molar-refractivity contribution is -0.675. The summed E-state index contributed by atoms with van der Waals surface area (Å²) in [5, 5.41) is 7.20. The van der Waals surface area contributed by atoms with E-state index in [-0.39, 0.29) is 11.9 Å². The first kappa shape index (κ1) is 17.4. The van der Waals surface area contributed by atoms with Crippen molar-refractivity contribution in [2.24, 2.45) is 0 Å². The summed E-state index contributed by atoms with van der Waals surface area (Å²) in [5.41, 5.74) is 4.38. The lowest BCUT2D eigenvalue weighted by atomic mass is 10.1. The molecule has 0 fully saturated rings. The Labute approximate surface area is 152 Å². The third kappa shape index (κ3) is 4.56. The maximum Gasteiger partial charge on any atom is 0.279 e. The summed E-state index contributed by atoms with van der Waals surface area (Å²) in [6.07, 6.45) is 0. The highest BCUT2D eigenvalue weighted by Crippen LogP contribution is 2.22. The number of amides is 1. The van der Waals surface area contributed by atoms with E-state index in [9.17, 15) is 4.79 Å². The Hall–Kier alpha value is -2.43. The van der Waals surface area contributed by atoms with E-state index in [4.69, 9.17) is 0 Å². The Balaban J connectivity index is 1.68. The molecular formula is C21H23N2OS+. The second kappa shape index (κ2) is 8.10. The molecule has 1 amide bonds. The Morgan fingerprint density at radius 1 is 1.08 bits per heavy atom. The van der Waals surface area contributed by atoms with Gasteiger partial charge in [-0.3, -0.25) is 4.79 Å². The van der Waals surface area contributed by atoms with Gasteiger partial charge in [0, 0.05) is 11.3 Å². The highest BCUT2D eigenvalue weighted by Gasteiger charge is 2.19. The van der Waals surface area contributed by atoms with Crippen molar-refractivity contribution in [3.63, 3.8) is 0 Å². The van der Waals surface area contributed by atoms with Crippen LogP contribution in [-0.2, 0) is 4.79 Å². The van der Waals surface area contributed by atoms with Gasteiger partial charge in [-0.05, 0) is 36.9 Å². The SMILES string of the molecule is Cc1ccc(NC(=O)C[NH2+][C@@H](c2ccccc2)c2cccs2)c(C)c1. The fraction of sp³-hybridized carbons (Fsp3) is 0.190. The van der Waals surface area contributed by atoms with E-state index in [1.165, 1.54) is 16.0 Å². The van der Waals surface area contributed by atoms with Crippen LogP contribution >= 0.6 is 11.3 Å². The van der Waals surface area contributed by atoms with Crippen LogP contribution in [0.3, 0.4) is 0 Å². The molecule has 25 heavy (non-hydrogen) atoms. The molecule has 2 aromatic carbocycles. The highest BCUT2D eigenvalue weighted by molar-refractivity contribution is 7.10. The summed E-state index contributed by atoms with van der Waals surface area (Å²) in [4.78, 5) is 13.7. The Morgan fingerprint density at radius 3 is 2.56 bits per heavy atom. The van der Waals surface area contributed by atoms with Gasteiger partial charge in [0.1, 0.15) is 6.04 Å². The van der Waals surface area contributed by atoms with Crippen molar-refractivity contribution in [1.29, 1.82) is 0 Å². The minimum atomic E-state index is 0.0180. The molecular weight excluding hydrogens is 328 g/mol. The number of carbonyl (C=O) groups is 1. The monoisotopic (exact) mass is 351 g/mol. The number of thiophene rings is 1. The predicted molar refractivity (Wildman–Crippen MR) is 104 cm³/mol. The Kier molecular flexibility index (Phi) is 5.64. The molecule has 0 aliphatic rings. The second-order valence-corrected chi connectivity index (χ2v) is 7.19. The lowest BCUT2D eigenvalue weighted by Crippen LogP contribution is -2.87. The van der Waals surface area contributed by atoms with Crippen molar-refractivity contribution in [3.05, 3.63) is 87.6 Å². The van der Waals surface area contributed by atoms with E-state index in [0.29, 0.717) is 6.54 Å². The number of nitrogens with one attached hydrogen (secondary N) is 1. The lowest BCUT2D eigenvalue weighted by Gasteiger charge is -2.15. The molecule has 0 radical (unpaired) electrons. The van der Waals surface area contributed by atoms with E-state index >= 15 is 0 Å². The van der Waals surface area contributed by atoms with Gasteiger partial charge in [-0.15, -0.1) is 11.3 Å². The number of aryl methyl sites for hydroxylation is 2. The van der Waals surface area contributed by atoms with Gasteiger partial charge < -0.3 is 10.6 Å². The smallest absolute Gasteiger partial charge is 0.279 e. The van der Waals surface area contributed by atoms with Crippen molar-refractivity contribution in [2.45, 2.75) is 19.9 Å². The number of quaternary nitrogens is 1. The molecule has 3 aromatic rings. The first-order valence-corrected chi connectivity index (χ1v) is 9.30. The number of rotatable bonds is 6. The molecule has 128 valence electrons. The summed E-state index contributed by atoms with van der Waals surface area (Å²) in [7, 11) is 0. The van der Waals surface area contributed by atoms with E-state index in [2.05, 4.69) is 53.3 Å². The van der Waals surface area contributed by atoms with Gasteiger partial charge in [-0.25, -0.2) is 0 Å². The minimum absolute atomic E-state index is 0.0180. The van der Waals surface area contributed by atoms with Crippen LogP contribution in [0, 0.1) is 13.8 Å². The molecule has 0 aliphatic heterocycles. The fourth-order valence-corrected chi connectivity index (χ4v) is 3.78. The summed E-state index contributed by atoms with van der Waals surface area (Å²) in [5.74, 6) is 0.0180. The van der Waals surface area contributed by atoms with Gasteiger partial charge in [0.25, 0.3) is 5.91 Å². The molecule has 4 heteroatoms. The molecule has 0 bridgehead atoms. The fourth-order valence-electron chi connectivity index (χ4n) is 2.93. The number of nitrogens with two attached hydrogens (primary N) is 1. The van der Waals surface area contributed by atoms with Crippen molar-refractivity contribution in [3.8, 4) is 0 Å². The zero-order chi connectivity index (χ0) is 17.6. The largest absolute Gasteiger partial charge is 0.328 e. The van der Waals surface area contributed by atoms with Crippen LogP contribution in [0.15, 0.2) is 66.0 Å². The van der Waals surface area contributed by atoms with E-state index in [1.807, 2.05) is 37.3 Å². The Morgan fingerprint density at radius 2 is 1.88 bits per heavy atom. The van der Waals surface area contributed by atoms with Crippen LogP contribution in [-0.4, -0.2) is 12.5 Å². The molecule has 0 saturated heterocycles. The predicted octanol–water partition coefficient (Wildman–Crippen LogP) is 3.66. The summed E-state index contributed by atoms with van der Waals surface area (Å²) in [6, 6.07) is 20.7. The molecule has 0 saturated carbocycles. The maximum atomic E-state index is 12.4. The minimum Gasteiger partial charge on any atom is -0.328 e. The van der Waals surface area contributed by atoms with Crippen molar-refractivity contribution in [1.82, 2.24) is 0 Å². The summed E-state index contributed by atoms with van der Waals surface area (Å²) in [6.45, 7) is 4.45. The van der Waals surface area contributed by atoms with Crippen LogP contribution < -0.4 is 10.6 Å². The molecule has 3 N–H and O–H groups in total. The maximum absolute atomic E-state index is 12.4. The van der Waals surface area contributed by atoms with Gasteiger partial charge in [-0.1, -0.05) is 54.1 Å². The zero-order valence-corrected chi connectivity index (χ0v) is 15.3. The first-order chi connectivity index (χ1) is 12.1. The molecule has 3 rings (SSSR count). The van der Waals surface area contributed by atoms with Crippen LogP contribution in [0.4, 0.5) is 5.69 Å². The quantitative estimate of drug-likeness (QED) is 0.699. The topological polar surface area (TPSA) is 45.7 Å². The van der Waals surface area contributed by atoms with E-state index in [0.717, 1.165) is 11.3 Å². The second-order valence-electron chi connectivity index (χ2n) is 6.21. The molecule has 1 atom stereocenters. The van der Waals surface area contributed by atoms with Crippen LogP contribution in [0.25, 0.3) is 0 Å². The normalized spacial score (nSPS) is 11.9. The summed E-state index contributed by atoms with van der Waals surface area (Å²) < 4.78 is 0. The molecule has 0 aliphatic carbocycles. The van der Waals surface area contributed by atoms with Crippen molar-refractivity contribution in [2.75, 3.05) is 11.9 Å². The number of benzene rings is 2. The molecule has 0 unspecified atom stereocenters. The zero-order valence-electron chi connectivity index (χ0n) is 14.5. The van der Waals surface area contributed by atoms with Crippen LogP contribution in [0.5, 0.6) is 0 Å². The standard InChI is InChI=1S/C21H22N2OS/c1-15-10-11-18(16(2)13-15)23-20(24)14-22-21(19-9-6-12-25-19)17-7-4-3-5-8-17/h3-13,21-22H,14H2,1-2H3,(H,23,24)/p+1/t21-/m0/s1. The van der Waals surface area contributed by atoms with Gasteiger partial charge in [0.15, 0.2) is 6.54 Å². The molecule has 0 spiro atoms. The van der Waals surface area contributed by atoms with Gasteiger partial charge in [-0.2, -0.15) is 0 Å². The third-order valence-electron chi connectivity index (χ3n) is 4.20. The molecule has 1 heterocycles. The van der Waals surface area contributed by atoms with E-state index < -0.39 is 0 Å². The average Bonchev–Trinajstić information content (AvgIpc) is 3.13. The summed E-state index contributed by atoms with van der Waals surface area (Å²) >= 11 is 1.72. The van der Waals surface area contributed by atoms with Crippen LogP contribution in [0.2, 0.25) is 0 Å². The first-order valence-electron chi connectivity index (χ1n) is 8.42. The number of hydrogen-bond acceptors (Lipinski definition) is 2. The van der Waals surface area contributed by atoms with E-state index in [1.54, 1.807) is 11.3 Å². The average molecular weight is 351 g/mol. The highest BCUT2D eigenvalue weighted by atomic mass is 32.1. The van der Waals surface area contributed by atoms with Crippen molar-refractivity contribution < 1.29 is 10.1 Å². The van der Waals surface area contributed by atoms with Crippen LogP contribution in [0.1, 0.15) is 27.6 Å². The van der Waals surface area contributed by atoms with Crippen molar-refractivity contribution >= 4 is 22.9 Å². The third-order valence-corrected chi connectivity index (χ3v) is 5.16. The Bertz CT molecular complexity index is 828. The number of carbonyl (C=O) groups excluding carboxylic acids is 1.